The van der Waals surface area contributed by atoms with E-state index in [9.17, 15) is 4.79 Å². The largest absolute Gasteiger partial charge is 0.441 e. The highest BCUT2D eigenvalue weighted by atomic mass is 79.9. The Morgan fingerprint density at radius 2 is 2.35 bits per heavy atom. The number of para-hydroxylation sites is 1. The fourth-order valence-electron chi connectivity index (χ4n) is 2.16. The van der Waals surface area contributed by atoms with Crippen molar-refractivity contribution in [3.05, 3.63) is 24.1 Å². The molecule has 0 saturated carbocycles. The van der Waals surface area contributed by atoms with Gasteiger partial charge >= 0.3 is 0 Å². The Hall–Kier alpha value is -1.36. The van der Waals surface area contributed by atoms with Gasteiger partial charge in [-0.15, -0.1) is 0 Å². The Bertz CT molecular complexity index is 593. The zero-order chi connectivity index (χ0) is 12.0. The van der Waals surface area contributed by atoms with Crippen molar-refractivity contribution >= 4 is 38.6 Å². The lowest BCUT2D eigenvalue weighted by molar-refractivity contribution is -0.117. The second kappa shape index (κ2) is 3.84. The number of hydrogen-bond acceptors (Lipinski definition) is 3. The monoisotopic (exact) mass is 294 g/mol. The first kappa shape index (κ1) is 10.8. The predicted molar refractivity (Wildman–Crippen MR) is 68.4 cm³/mol. The summed E-state index contributed by atoms with van der Waals surface area (Å²) in [5.74, 6) is 0.745. The molecule has 1 amide bonds. The smallest absolute Gasteiger partial charge is 0.228 e. The number of rotatable bonds is 1. The van der Waals surface area contributed by atoms with Gasteiger partial charge in [0.1, 0.15) is 5.52 Å². The Kier molecular flexibility index (Phi) is 2.43. The van der Waals surface area contributed by atoms with Gasteiger partial charge in [-0.05, 0) is 12.1 Å². The SMILES string of the molecule is Cc1nc2c(N3CC(Br)CC3=O)cccc2o1. The Balaban J connectivity index is 2.14. The van der Waals surface area contributed by atoms with Gasteiger partial charge in [-0.25, -0.2) is 4.98 Å². The van der Waals surface area contributed by atoms with E-state index in [1.807, 2.05) is 25.1 Å². The quantitative estimate of drug-likeness (QED) is 0.760. The minimum Gasteiger partial charge on any atom is -0.441 e. The lowest BCUT2D eigenvalue weighted by Gasteiger charge is -2.15. The molecule has 1 aromatic heterocycles. The normalized spacial score (nSPS) is 20.5. The third kappa shape index (κ3) is 1.74. The number of hydrogen-bond donors (Lipinski definition) is 0. The molecule has 1 aliphatic rings. The highest BCUT2D eigenvalue weighted by molar-refractivity contribution is 9.09. The molecule has 5 heteroatoms. The van der Waals surface area contributed by atoms with Crippen LogP contribution in [0.4, 0.5) is 5.69 Å². The fraction of sp³-hybridized carbons (Fsp3) is 0.333. The fourth-order valence-corrected chi connectivity index (χ4v) is 2.73. The van der Waals surface area contributed by atoms with Gasteiger partial charge in [0.25, 0.3) is 0 Å². The van der Waals surface area contributed by atoms with E-state index in [2.05, 4.69) is 20.9 Å². The van der Waals surface area contributed by atoms with Crippen LogP contribution in [0.1, 0.15) is 12.3 Å². The number of halogens is 1. The maximum Gasteiger partial charge on any atom is 0.228 e. The van der Waals surface area contributed by atoms with Gasteiger partial charge in [-0.2, -0.15) is 0 Å². The minimum atomic E-state index is 0.125. The van der Waals surface area contributed by atoms with E-state index in [1.54, 1.807) is 4.90 Å². The third-order valence-electron chi connectivity index (χ3n) is 2.87. The first-order chi connectivity index (χ1) is 8.15. The van der Waals surface area contributed by atoms with Crippen LogP contribution in [-0.4, -0.2) is 22.3 Å². The van der Waals surface area contributed by atoms with Crippen molar-refractivity contribution in [2.45, 2.75) is 18.2 Å². The number of carbonyl (C=O) groups excluding carboxylic acids is 1. The van der Waals surface area contributed by atoms with E-state index < -0.39 is 0 Å². The molecule has 2 aromatic rings. The number of carbonyl (C=O) groups is 1. The molecule has 4 nitrogen and oxygen atoms in total. The van der Waals surface area contributed by atoms with Crippen LogP contribution in [0.15, 0.2) is 22.6 Å². The van der Waals surface area contributed by atoms with Gasteiger partial charge in [-0.1, -0.05) is 22.0 Å². The molecule has 0 spiro atoms. The molecule has 0 N–H and O–H groups in total. The van der Waals surface area contributed by atoms with E-state index in [-0.39, 0.29) is 10.7 Å². The molecule has 1 unspecified atom stereocenters. The van der Waals surface area contributed by atoms with Crippen LogP contribution in [-0.2, 0) is 4.79 Å². The molecule has 1 fully saturated rings. The van der Waals surface area contributed by atoms with Crippen LogP contribution in [0.5, 0.6) is 0 Å². The molecular weight excluding hydrogens is 284 g/mol. The summed E-state index contributed by atoms with van der Waals surface area (Å²) in [6.45, 7) is 2.49. The maximum absolute atomic E-state index is 11.9. The van der Waals surface area contributed by atoms with Gasteiger partial charge in [0.2, 0.25) is 5.91 Å². The van der Waals surface area contributed by atoms with Crippen LogP contribution in [0.2, 0.25) is 0 Å². The average molecular weight is 295 g/mol. The summed E-state index contributed by atoms with van der Waals surface area (Å²) in [6.07, 6.45) is 0.535. The van der Waals surface area contributed by atoms with E-state index in [0.717, 1.165) is 16.8 Å². The minimum absolute atomic E-state index is 0.125. The van der Waals surface area contributed by atoms with E-state index in [4.69, 9.17) is 4.42 Å². The first-order valence-electron chi connectivity index (χ1n) is 5.46. The molecular formula is C12H11BrN2O2. The molecule has 0 radical (unpaired) electrons. The number of aryl methyl sites for hydroxylation is 1. The molecule has 2 heterocycles. The topological polar surface area (TPSA) is 46.3 Å². The zero-order valence-electron chi connectivity index (χ0n) is 9.31. The van der Waals surface area contributed by atoms with Gasteiger partial charge < -0.3 is 9.32 Å². The summed E-state index contributed by atoms with van der Waals surface area (Å²) >= 11 is 3.48. The summed E-state index contributed by atoms with van der Waals surface area (Å²) in [7, 11) is 0. The lowest BCUT2D eigenvalue weighted by Crippen LogP contribution is -2.24. The summed E-state index contributed by atoms with van der Waals surface area (Å²) in [6, 6.07) is 5.66. The summed E-state index contributed by atoms with van der Waals surface area (Å²) < 4.78 is 5.47. The van der Waals surface area contributed by atoms with Crippen LogP contribution in [0.25, 0.3) is 11.1 Å². The van der Waals surface area contributed by atoms with Crippen LogP contribution in [0.3, 0.4) is 0 Å². The van der Waals surface area contributed by atoms with Crippen molar-refractivity contribution in [3.63, 3.8) is 0 Å². The molecule has 1 saturated heterocycles. The van der Waals surface area contributed by atoms with E-state index >= 15 is 0 Å². The number of nitrogens with zero attached hydrogens (tertiary/aromatic N) is 2. The number of aromatic nitrogens is 1. The third-order valence-corrected chi connectivity index (χ3v) is 3.49. The molecule has 17 heavy (non-hydrogen) atoms. The molecule has 0 aliphatic carbocycles. The number of amides is 1. The van der Waals surface area contributed by atoms with Gasteiger partial charge in [0.15, 0.2) is 11.5 Å². The molecule has 0 bridgehead atoms. The van der Waals surface area contributed by atoms with E-state index in [1.165, 1.54) is 0 Å². The van der Waals surface area contributed by atoms with Crippen molar-refractivity contribution in [2.24, 2.45) is 0 Å². The van der Waals surface area contributed by atoms with Gasteiger partial charge in [0, 0.05) is 24.7 Å². The summed E-state index contributed by atoms with van der Waals surface area (Å²) in [5, 5.41) is 0. The standard InChI is InChI=1S/C12H11BrN2O2/c1-7-14-12-9(3-2-4-10(12)17-7)15-6-8(13)5-11(15)16/h2-4,8H,5-6H2,1H3. The molecule has 88 valence electrons. The van der Waals surface area contributed by atoms with Gasteiger partial charge in [0.05, 0.1) is 5.69 Å². The van der Waals surface area contributed by atoms with E-state index in [0.29, 0.717) is 18.9 Å². The summed E-state index contributed by atoms with van der Waals surface area (Å²) in [5.41, 5.74) is 2.33. The van der Waals surface area contributed by atoms with Crippen molar-refractivity contribution in [3.8, 4) is 0 Å². The maximum atomic E-state index is 11.9. The first-order valence-corrected chi connectivity index (χ1v) is 6.37. The average Bonchev–Trinajstić information content (AvgIpc) is 2.79. The second-order valence-electron chi connectivity index (χ2n) is 4.16. The summed E-state index contributed by atoms with van der Waals surface area (Å²) in [4.78, 5) is 18.2. The number of anilines is 1. The molecule has 1 aromatic carbocycles. The van der Waals surface area contributed by atoms with Crippen LogP contribution in [0, 0.1) is 6.92 Å². The van der Waals surface area contributed by atoms with Crippen molar-refractivity contribution < 1.29 is 9.21 Å². The molecule has 3 rings (SSSR count). The van der Waals surface area contributed by atoms with Crippen LogP contribution < -0.4 is 4.90 Å². The highest BCUT2D eigenvalue weighted by Gasteiger charge is 2.30. The number of benzene rings is 1. The number of alkyl halides is 1. The van der Waals surface area contributed by atoms with Crippen molar-refractivity contribution in [1.29, 1.82) is 0 Å². The Morgan fingerprint density at radius 3 is 3.06 bits per heavy atom. The zero-order valence-corrected chi connectivity index (χ0v) is 10.9. The van der Waals surface area contributed by atoms with Crippen molar-refractivity contribution in [1.82, 2.24) is 4.98 Å². The van der Waals surface area contributed by atoms with Crippen molar-refractivity contribution in [2.75, 3.05) is 11.4 Å². The Labute approximate surface area is 107 Å². The molecule has 1 atom stereocenters. The molecule has 1 aliphatic heterocycles. The number of oxazole rings is 1. The van der Waals surface area contributed by atoms with Gasteiger partial charge in [-0.3, -0.25) is 4.79 Å². The predicted octanol–water partition coefficient (Wildman–Crippen LogP) is 2.64. The highest BCUT2D eigenvalue weighted by Crippen LogP contribution is 2.31. The Morgan fingerprint density at radius 1 is 1.53 bits per heavy atom. The second-order valence-corrected chi connectivity index (χ2v) is 5.46. The van der Waals surface area contributed by atoms with Crippen LogP contribution >= 0.6 is 15.9 Å². The number of fused-ring (bicyclic) bond motifs is 1. The lowest BCUT2D eigenvalue weighted by atomic mass is 10.2.